The van der Waals surface area contributed by atoms with Crippen LogP contribution in [0.25, 0.3) is 0 Å². The van der Waals surface area contributed by atoms with Gasteiger partial charge in [0.05, 0.1) is 10.5 Å². The monoisotopic (exact) mass is 410 g/mol. The average molecular weight is 411 g/mol. The fourth-order valence-electron chi connectivity index (χ4n) is 2.88. The molecule has 1 saturated carbocycles. The molecular weight excluding hydrogens is 389 g/mol. The number of hydrogen-bond acceptors (Lipinski definition) is 5. The number of alkyl halides is 3. The van der Waals surface area contributed by atoms with Gasteiger partial charge in [0, 0.05) is 31.1 Å². The fraction of sp³-hybridized carbons (Fsp3) is 0.562. The van der Waals surface area contributed by atoms with Crippen molar-refractivity contribution in [3.63, 3.8) is 0 Å². The third-order valence-electron chi connectivity index (χ3n) is 4.33. The van der Waals surface area contributed by atoms with Gasteiger partial charge < -0.3 is 16.4 Å². The molecule has 0 heterocycles. The number of amides is 1. The van der Waals surface area contributed by atoms with E-state index < -0.39 is 22.4 Å². The van der Waals surface area contributed by atoms with Gasteiger partial charge in [0.2, 0.25) is 5.91 Å². The Kier molecular flexibility index (Phi) is 8.29. The van der Waals surface area contributed by atoms with Crippen LogP contribution < -0.4 is 16.4 Å². The summed E-state index contributed by atoms with van der Waals surface area (Å²) < 4.78 is 38.0. The van der Waals surface area contributed by atoms with Gasteiger partial charge in [-0.1, -0.05) is 0 Å². The van der Waals surface area contributed by atoms with E-state index in [9.17, 15) is 28.1 Å². The van der Waals surface area contributed by atoms with Crippen molar-refractivity contribution in [3.8, 4) is 0 Å². The topological polar surface area (TPSA) is 110 Å². The van der Waals surface area contributed by atoms with Crippen LogP contribution in [0, 0.1) is 10.1 Å². The molecule has 1 amide bonds. The number of nitrogens with zero attached hydrogens (tertiary/aromatic N) is 1. The highest BCUT2D eigenvalue weighted by molar-refractivity contribution is 5.85. The van der Waals surface area contributed by atoms with Crippen LogP contribution >= 0.6 is 12.4 Å². The predicted octanol–water partition coefficient (Wildman–Crippen LogP) is 3.22. The van der Waals surface area contributed by atoms with Gasteiger partial charge in [-0.2, -0.15) is 13.2 Å². The Bertz CT molecular complexity index is 665. The van der Waals surface area contributed by atoms with Crippen molar-refractivity contribution in [2.24, 2.45) is 5.73 Å². The number of nitrogens with two attached hydrogens (primary N) is 1. The van der Waals surface area contributed by atoms with E-state index in [1.54, 1.807) is 0 Å². The Morgan fingerprint density at radius 1 is 1.26 bits per heavy atom. The molecule has 1 aliphatic carbocycles. The maximum atomic E-state index is 12.7. The van der Waals surface area contributed by atoms with E-state index in [4.69, 9.17) is 5.73 Å². The summed E-state index contributed by atoms with van der Waals surface area (Å²) in [7, 11) is 0. The van der Waals surface area contributed by atoms with Crippen LogP contribution in [0.1, 0.15) is 37.7 Å². The second-order valence-corrected chi connectivity index (χ2v) is 6.34. The molecule has 0 radical (unpaired) electrons. The van der Waals surface area contributed by atoms with Crippen LogP contribution in [0.5, 0.6) is 0 Å². The quantitative estimate of drug-likeness (QED) is 0.492. The van der Waals surface area contributed by atoms with Crippen molar-refractivity contribution in [2.75, 3.05) is 11.9 Å². The van der Waals surface area contributed by atoms with Gasteiger partial charge in [-0.15, -0.1) is 12.4 Å². The maximum absolute atomic E-state index is 12.7. The van der Waals surface area contributed by atoms with Crippen LogP contribution in [0.3, 0.4) is 0 Å². The number of nitro groups is 1. The van der Waals surface area contributed by atoms with Crippen LogP contribution in [0.4, 0.5) is 24.5 Å². The predicted molar refractivity (Wildman–Crippen MR) is 96.8 cm³/mol. The number of carbonyl (C=O) groups excluding carboxylic acids is 1. The number of anilines is 1. The molecule has 0 spiro atoms. The number of nitrogens with one attached hydrogen (secondary N) is 2. The molecular formula is C16H22ClF3N4O3. The minimum absolute atomic E-state index is 0. The van der Waals surface area contributed by atoms with Gasteiger partial charge in [-0.05, 0) is 37.8 Å². The number of carbonyl (C=O) groups is 1. The molecule has 1 aliphatic rings. The summed E-state index contributed by atoms with van der Waals surface area (Å²) in [5.41, 5.74) is 3.97. The fourth-order valence-corrected chi connectivity index (χ4v) is 2.88. The highest BCUT2D eigenvalue weighted by atomic mass is 35.5. The van der Waals surface area contributed by atoms with Crippen LogP contribution in [0.15, 0.2) is 18.2 Å². The Labute approximate surface area is 160 Å². The molecule has 0 saturated heterocycles. The normalized spacial score (nSPS) is 19.7. The van der Waals surface area contributed by atoms with E-state index in [-0.39, 0.29) is 49.1 Å². The minimum atomic E-state index is -4.66. The first-order valence-electron chi connectivity index (χ1n) is 8.31. The van der Waals surface area contributed by atoms with Crippen LogP contribution in [0.2, 0.25) is 0 Å². The van der Waals surface area contributed by atoms with E-state index in [0.717, 1.165) is 37.8 Å². The van der Waals surface area contributed by atoms with Crippen LogP contribution in [-0.4, -0.2) is 29.5 Å². The van der Waals surface area contributed by atoms with Crippen LogP contribution in [-0.2, 0) is 11.0 Å². The highest BCUT2D eigenvalue weighted by Gasteiger charge is 2.33. The van der Waals surface area contributed by atoms with Gasteiger partial charge in [0.1, 0.15) is 5.69 Å². The number of nitro benzene ring substituents is 1. The third kappa shape index (κ3) is 6.87. The molecule has 11 heteroatoms. The molecule has 4 N–H and O–H groups in total. The smallest absolute Gasteiger partial charge is 0.379 e. The summed E-state index contributed by atoms with van der Waals surface area (Å²) in [5.74, 6) is -0.215. The summed E-state index contributed by atoms with van der Waals surface area (Å²) in [5, 5.41) is 16.5. The summed E-state index contributed by atoms with van der Waals surface area (Å²) in [6.07, 6.45) is -1.29. The molecule has 0 aliphatic heterocycles. The lowest BCUT2D eigenvalue weighted by atomic mass is 9.92. The zero-order chi connectivity index (χ0) is 19.3. The number of rotatable bonds is 6. The zero-order valence-corrected chi connectivity index (χ0v) is 15.2. The molecule has 27 heavy (non-hydrogen) atoms. The number of benzene rings is 1. The minimum Gasteiger partial charge on any atom is -0.379 e. The van der Waals surface area contributed by atoms with Gasteiger partial charge >= 0.3 is 6.18 Å². The van der Waals surface area contributed by atoms with Gasteiger partial charge in [0.15, 0.2) is 0 Å². The standard InChI is InChI=1S/C16H21F3N4O3.ClH/c17-16(18,19)10-1-6-13(14(9-10)23(25)26)21-8-7-15(24)22-12-4-2-11(20)3-5-12;/h1,6,9,11-12,21H,2-5,7-8,20H2,(H,22,24);1H. The van der Waals surface area contributed by atoms with E-state index in [2.05, 4.69) is 10.6 Å². The second-order valence-electron chi connectivity index (χ2n) is 6.34. The Morgan fingerprint density at radius 2 is 1.89 bits per heavy atom. The third-order valence-corrected chi connectivity index (χ3v) is 4.33. The van der Waals surface area contributed by atoms with Crippen molar-refractivity contribution in [1.82, 2.24) is 5.32 Å². The van der Waals surface area contributed by atoms with Crippen molar-refractivity contribution in [3.05, 3.63) is 33.9 Å². The first-order valence-corrected chi connectivity index (χ1v) is 8.31. The lowest BCUT2D eigenvalue weighted by Crippen LogP contribution is -2.40. The summed E-state index contributed by atoms with van der Waals surface area (Å²) in [6.45, 7) is 0.0737. The molecule has 2 rings (SSSR count). The lowest BCUT2D eigenvalue weighted by Gasteiger charge is -2.26. The number of halogens is 4. The lowest BCUT2D eigenvalue weighted by molar-refractivity contribution is -0.384. The second kappa shape index (κ2) is 9.75. The summed E-state index contributed by atoms with van der Waals surface area (Å²) in [6, 6.07) is 2.49. The zero-order valence-electron chi connectivity index (χ0n) is 14.4. The molecule has 1 aromatic carbocycles. The van der Waals surface area contributed by atoms with Gasteiger partial charge in [-0.3, -0.25) is 14.9 Å². The van der Waals surface area contributed by atoms with Gasteiger partial charge in [-0.25, -0.2) is 0 Å². The molecule has 7 nitrogen and oxygen atoms in total. The Hall–Kier alpha value is -2.07. The van der Waals surface area contributed by atoms with E-state index in [1.807, 2.05) is 0 Å². The van der Waals surface area contributed by atoms with Gasteiger partial charge in [0.25, 0.3) is 5.69 Å². The molecule has 152 valence electrons. The molecule has 0 aromatic heterocycles. The average Bonchev–Trinajstić information content (AvgIpc) is 2.56. The van der Waals surface area contributed by atoms with Crippen molar-refractivity contribution < 1.29 is 22.9 Å². The van der Waals surface area contributed by atoms with Crippen molar-refractivity contribution >= 4 is 29.7 Å². The Balaban J connectivity index is 0.00000364. The SMILES string of the molecule is Cl.NC1CCC(NC(=O)CCNc2ccc(C(F)(F)F)cc2[N+](=O)[O-])CC1. The molecule has 0 bridgehead atoms. The van der Waals surface area contributed by atoms with Crippen molar-refractivity contribution in [1.29, 1.82) is 0 Å². The van der Waals surface area contributed by atoms with E-state index in [1.165, 1.54) is 0 Å². The first kappa shape index (κ1) is 23.0. The molecule has 0 atom stereocenters. The van der Waals surface area contributed by atoms with Crippen molar-refractivity contribution in [2.45, 2.75) is 50.4 Å². The molecule has 1 fully saturated rings. The molecule has 1 aromatic rings. The number of hydrogen-bond donors (Lipinski definition) is 3. The summed E-state index contributed by atoms with van der Waals surface area (Å²) >= 11 is 0. The van der Waals surface area contributed by atoms with E-state index in [0.29, 0.717) is 6.07 Å². The first-order chi connectivity index (χ1) is 12.2. The van der Waals surface area contributed by atoms with E-state index >= 15 is 0 Å². The largest absolute Gasteiger partial charge is 0.416 e. The maximum Gasteiger partial charge on any atom is 0.416 e. The molecule has 0 unspecified atom stereocenters. The summed E-state index contributed by atoms with van der Waals surface area (Å²) in [4.78, 5) is 22.0. The highest BCUT2D eigenvalue weighted by Crippen LogP contribution is 2.34. The Morgan fingerprint density at radius 3 is 2.44 bits per heavy atom.